The molecule has 3 rings (SSSR count). The maximum atomic E-state index is 15.4. The van der Waals surface area contributed by atoms with Crippen LogP contribution in [0.2, 0.25) is 5.04 Å². The van der Waals surface area contributed by atoms with Crippen molar-refractivity contribution in [2.75, 3.05) is 6.61 Å². The number of rotatable bonds is 8. The molecule has 0 aromatic heterocycles. The van der Waals surface area contributed by atoms with Gasteiger partial charge in [-0.2, -0.15) is 0 Å². The Morgan fingerprint density at radius 1 is 0.906 bits per heavy atom. The van der Waals surface area contributed by atoms with Gasteiger partial charge in [-0.25, -0.2) is 13.6 Å². The van der Waals surface area contributed by atoms with Crippen LogP contribution >= 0.6 is 0 Å². The highest BCUT2D eigenvalue weighted by atomic mass is 28.4. The van der Waals surface area contributed by atoms with Crippen molar-refractivity contribution in [1.82, 2.24) is 0 Å². The largest absolute Gasteiger partial charge is 0.532 e. The van der Waals surface area contributed by atoms with Gasteiger partial charge in [-0.1, -0.05) is 81.4 Å². The molecular weight excluding hydrogens is 430 g/mol. The van der Waals surface area contributed by atoms with Crippen LogP contribution in [-0.4, -0.2) is 26.0 Å². The quantitative estimate of drug-likeness (QED) is 0.507. The number of carboxylic acid groups (broad SMARTS) is 1. The zero-order valence-corrected chi connectivity index (χ0v) is 19.3. The molecule has 1 N–H and O–H groups in total. The average molecular weight is 457 g/mol. The van der Waals surface area contributed by atoms with Crippen molar-refractivity contribution in [3.05, 3.63) is 90.0 Å². The Labute approximate surface area is 187 Å². The Hall–Kier alpha value is -3.03. The molecule has 0 aliphatic rings. The molecule has 0 fully saturated rings. The number of ether oxygens (including phenoxy) is 1. The van der Waals surface area contributed by atoms with Crippen LogP contribution in [0.1, 0.15) is 26.3 Å². The highest BCUT2D eigenvalue weighted by Gasteiger charge is 2.52. The first kappa shape index (κ1) is 23.6. The molecule has 0 saturated heterocycles. The molecule has 32 heavy (non-hydrogen) atoms. The number of aliphatic carboxylic acids is 1. The Balaban J connectivity index is 2.15. The van der Waals surface area contributed by atoms with E-state index in [1.807, 2.05) is 60.7 Å². The molecule has 7 heteroatoms. The maximum Gasteiger partial charge on any atom is 0.329 e. The Morgan fingerprint density at radius 2 is 1.44 bits per heavy atom. The SMILES string of the molecule is CC(C)(C)[Si](Oc1ccc(F)c(COCC(=O)O)c1F)(c1ccccc1)c1ccccc1. The summed E-state index contributed by atoms with van der Waals surface area (Å²) in [5.74, 6) is -3.01. The summed E-state index contributed by atoms with van der Waals surface area (Å²) in [4.78, 5) is 10.7. The molecule has 0 unspecified atom stereocenters. The Morgan fingerprint density at radius 3 is 1.91 bits per heavy atom. The van der Waals surface area contributed by atoms with E-state index in [2.05, 4.69) is 20.8 Å². The van der Waals surface area contributed by atoms with Crippen LogP contribution in [0.15, 0.2) is 72.8 Å². The standard InChI is InChI=1S/C25H26F2O4Si/c1-25(2,3)32(18-10-6-4-7-11-18,19-12-8-5-9-13-19)31-22-15-14-21(26)20(24(22)27)16-30-17-23(28)29/h4-15H,16-17H2,1-3H3,(H,28,29). The third-order valence-corrected chi connectivity index (χ3v) is 10.2. The van der Waals surface area contributed by atoms with Crippen molar-refractivity contribution < 1.29 is 27.8 Å². The highest BCUT2D eigenvalue weighted by Crippen LogP contribution is 2.38. The van der Waals surface area contributed by atoms with Crippen LogP contribution in [0.3, 0.4) is 0 Å². The van der Waals surface area contributed by atoms with E-state index in [1.165, 1.54) is 6.07 Å². The first-order chi connectivity index (χ1) is 15.2. The molecule has 0 spiro atoms. The first-order valence-electron chi connectivity index (χ1n) is 10.2. The zero-order valence-electron chi connectivity index (χ0n) is 18.3. The number of carboxylic acids is 1. The molecule has 3 aromatic rings. The lowest BCUT2D eigenvalue weighted by Gasteiger charge is -2.43. The molecule has 0 amide bonds. The average Bonchev–Trinajstić information content (AvgIpc) is 2.76. The monoisotopic (exact) mass is 456 g/mol. The lowest BCUT2D eigenvalue weighted by molar-refractivity contribution is -0.142. The van der Waals surface area contributed by atoms with Crippen LogP contribution in [0.5, 0.6) is 5.75 Å². The summed E-state index contributed by atoms with van der Waals surface area (Å²) in [5, 5.41) is 10.2. The van der Waals surface area contributed by atoms with Crippen molar-refractivity contribution in [3.63, 3.8) is 0 Å². The fourth-order valence-corrected chi connectivity index (χ4v) is 8.26. The second kappa shape index (κ2) is 9.63. The van der Waals surface area contributed by atoms with E-state index < -0.39 is 44.2 Å². The van der Waals surface area contributed by atoms with Crippen molar-refractivity contribution in [3.8, 4) is 5.75 Å². The van der Waals surface area contributed by atoms with Gasteiger partial charge in [0, 0.05) is 0 Å². The molecule has 0 aliphatic carbocycles. The van der Waals surface area contributed by atoms with Gasteiger partial charge in [-0.05, 0) is 27.5 Å². The number of benzene rings is 3. The first-order valence-corrected chi connectivity index (χ1v) is 12.1. The van der Waals surface area contributed by atoms with Crippen LogP contribution in [0, 0.1) is 11.6 Å². The molecule has 0 heterocycles. The topological polar surface area (TPSA) is 55.8 Å². The summed E-state index contributed by atoms with van der Waals surface area (Å²) in [7, 11) is -3.11. The van der Waals surface area contributed by atoms with Crippen LogP contribution in [-0.2, 0) is 16.1 Å². The third-order valence-electron chi connectivity index (χ3n) is 5.30. The second-order valence-electron chi connectivity index (χ2n) is 8.49. The van der Waals surface area contributed by atoms with Gasteiger partial charge >= 0.3 is 14.3 Å². The summed E-state index contributed by atoms with van der Waals surface area (Å²) in [6.07, 6.45) is 0. The summed E-state index contributed by atoms with van der Waals surface area (Å²) < 4.78 is 41.4. The normalized spacial score (nSPS) is 11.9. The van der Waals surface area contributed by atoms with Crippen molar-refractivity contribution in [1.29, 1.82) is 0 Å². The number of hydrogen-bond acceptors (Lipinski definition) is 3. The molecule has 0 aliphatic heterocycles. The van der Waals surface area contributed by atoms with E-state index in [9.17, 15) is 9.18 Å². The fourth-order valence-electron chi connectivity index (χ4n) is 3.84. The van der Waals surface area contributed by atoms with E-state index in [0.29, 0.717) is 0 Å². The van der Waals surface area contributed by atoms with Gasteiger partial charge in [0.2, 0.25) is 0 Å². The highest BCUT2D eigenvalue weighted by molar-refractivity contribution is 7.00. The van der Waals surface area contributed by atoms with E-state index in [-0.39, 0.29) is 11.3 Å². The molecule has 0 atom stereocenters. The van der Waals surface area contributed by atoms with E-state index in [4.69, 9.17) is 14.3 Å². The van der Waals surface area contributed by atoms with Crippen molar-refractivity contribution >= 4 is 24.7 Å². The Bertz CT molecular complexity index is 1030. The van der Waals surface area contributed by atoms with Crippen LogP contribution < -0.4 is 14.8 Å². The zero-order chi connectivity index (χ0) is 23.4. The number of halogens is 2. The van der Waals surface area contributed by atoms with E-state index in [0.717, 1.165) is 16.4 Å². The fraction of sp³-hybridized carbons (Fsp3) is 0.240. The molecule has 0 saturated carbocycles. The van der Waals surface area contributed by atoms with Crippen molar-refractivity contribution in [2.45, 2.75) is 32.4 Å². The summed E-state index contributed by atoms with van der Waals surface area (Å²) in [5.41, 5.74) is -0.360. The van der Waals surface area contributed by atoms with Gasteiger partial charge in [-0.3, -0.25) is 0 Å². The predicted molar refractivity (Wildman–Crippen MR) is 122 cm³/mol. The lowest BCUT2D eigenvalue weighted by Crippen LogP contribution is -2.69. The molecular formula is C25H26F2O4Si. The maximum absolute atomic E-state index is 15.4. The smallest absolute Gasteiger partial charge is 0.329 e. The molecule has 0 radical (unpaired) electrons. The molecule has 3 aromatic carbocycles. The van der Waals surface area contributed by atoms with Crippen LogP contribution in [0.4, 0.5) is 8.78 Å². The minimum Gasteiger partial charge on any atom is -0.532 e. The van der Waals surface area contributed by atoms with Crippen molar-refractivity contribution in [2.24, 2.45) is 0 Å². The predicted octanol–water partition coefficient (Wildman–Crippen LogP) is 4.50. The summed E-state index contributed by atoms with van der Waals surface area (Å²) >= 11 is 0. The van der Waals surface area contributed by atoms with Gasteiger partial charge < -0.3 is 14.3 Å². The lowest BCUT2D eigenvalue weighted by atomic mass is 10.2. The molecule has 0 bridgehead atoms. The minimum absolute atomic E-state index is 0.0883. The second-order valence-corrected chi connectivity index (χ2v) is 12.7. The van der Waals surface area contributed by atoms with Gasteiger partial charge in [0.25, 0.3) is 0 Å². The number of hydrogen-bond donors (Lipinski definition) is 1. The molecule has 168 valence electrons. The molecule has 4 nitrogen and oxygen atoms in total. The minimum atomic E-state index is -3.11. The summed E-state index contributed by atoms with van der Waals surface area (Å²) in [6, 6.07) is 21.8. The Kier molecular flexibility index (Phi) is 7.11. The third kappa shape index (κ3) is 4.74. The van der Waals surface area contributed by atoms with Crippen LogP contribution in [0.25, 0.3) is 0 Å². The number of carbonyl (C=O) groups is 1. The van der Waals surface area contributed by atoms with Gasteiger partial charge in [0.1, 0.15) is 18.2 Å². The van der Waals surface area contributed by atoms with E-state index in [1.54, 1.807) is 0 Å². The van der Waals surface area contributed by atoms with Gasteiger partial charge in [0.05, 0.1) is 12.2 Å². The van der Waals surface area contributed by atoms with Gasteiger partial charge in [-0.15, -0.1) is 0 Å². The summed E-state index contributed by atoms with van der Waals surface area (Å²) in [6.45, 7) is 4.99. The van der Waals surface area contributed by atoms with Gasteiger partial charge in [0.15, 0.2) is 5.82 Å². The van der Waals surface area contributed by atoms with E-state index >= 15 is 4.39 Å².